The summed E-state index contributed by atoms with van der Waals surface area (Å²) < 4.78 is 5.73. The van der Waals surface area contributed by atoms with Gasteiger partial charge in [-0.1, -0.05) is 18.2 Å². The van der Waals surface area contributed by atoms with Crippen molar-refractivity contribution in [1.82, 2.24) is 5.32 Å². The van der Waals surface area contributed by atoms with Crippen LogP contribution < -0.4 is 10.1 Å². The summed E-state index contributed by atoms with van der Waals surface area (Å²) in [6.07, 6.45) is 0.714. The summed E-state index contributed by atoms with van der Waals surface area (Å²) in [7, 11) is 0. The van der Waals surface area contributed by atoms with Gasteiger partial charge in [0.2, 0.25) is 0 Å². The van der Waals surface area contributed by atoms with Crippen molar-refractivity contribution in [2.24, 2.45) is 0 Å². The molecule has 1 unspecified atom stereocenters. The Morgan fingerprint density at radius 1 is 1.24 bits per heavy atom. The summed E-state index contributed by atoms with van der Waals surface area (Å²) in [5.74, 6) is 0.937. The fourth-order valence-electron chi connectivity index (χ4n) is 1.55. The molecule has 0 bridgehead atoms. The van der Waals surface area contributed by atoms with E-state index in [9.17, 15) is 0 Å². The molecule has 0 heterocycles. The summed E-state index contributed by atoms with van der Waals surface area (Å²) >= 11 is 0. The van der Waals surface area contributed by atoms with Gasteiger partial charge in [-0.25, -0.2) is 0 Å². The fourth-order valence-corrected chi connectivity index (χ4v) is 1.55. The molecule has 2 N–H and O–H groups in total. The number of para-hydroxylation sites is 1. The van der Waals surface area contributed by atoms with E-state index in [2.05, 4.69) is 11.4 Å². The molecular formula is C14H23NO2. The zero-order valence-electron chi connectivity index (χ0n) is 10.9. The quantitative estimate of drug-likeness (QED) is 0.715. The van der Waals surface area contributed by atoms with Crippen LogP contribution in [0.15, 0.2) is 24.3 Å². The van der Waals surface area contributed by atoms with Gasteiger partial charge in [-0.15, -0.1) is 0 Å². The summed E-state index contributed by atoms with van der Waals surface area (Å²) in [6.45, 7) is 7.44. The highest BCUT2D eigenvalue weighted by Gasteiger charge is 2.04. The molecule has 0 aromatic heterocycles. The van der Waals surface area contributed by atoms with Gasteiger partial charge < -0.3 is 15.2 Å². The molecular weight excluding hydrogens is 214 g/mol. The summed E-state index contributed by atoms with van der Waals surface area (Å²) in [6, 6.07) is 8.05. The zero-order valence-corrected chi connectivity index (χ0v) is 10.9. The standard InChI is InChI=1S/C14H23NO2/c1-11(2)17-14-7-5-4-6-13(14)10-15-9-8-12(3)16/h4-7,11-12,15-16H,8-10H2,1-3H3. The predicted octanol–water partition coefficient (Wildman–Crippen LogP) is 2.33. The molecule has 0 radical (unpaired) electrons. The van der Waals surface area contributed by atoms with Gasteiger partial charge in [0.15, 0.2) is 0 Å². The number of rotatable bonds is 7. The number of hydrogen-bond acceptors (Lipinski definition) is 3. The minimum atomic E-state index is -0.246. The first-order valence-corrected chi connectivity index (χ1v) is 6.23. The molecule has 96 valence electrons. The van der Waals surface area contributed by atoms with Gasteiger partial charge in [-0.3, -0.25) is 0 Å². The molecule has 0 aliphatic carbocycles. The molecule has 0 saturated heterocycles. The van der Waals surface area contributed by atoms with E-state index in [0.717, 1.165) is 30.8 Å². The lowest BCUT2D eigenvalue weighted by atomic mass is 10.2. The molecule has 1 aromatic carbocycles. The maximum Gasteiger partial charge on any atom is 0.124 e. The molecule has 0 spiro atoms. The Kier molecular flexibility index (Phi) is 6.01. The Morgan fingerprint density at radius 3 is 2.59 bits per heavy atom. The Labute approximate surface area is 104 Å². The number of benzene rings is 1. The summed E-state index contributed by atoms with van der Waals surface area (Å²) in [4.78, 5) is 0. The minimum Gasteiger partial charge on any atom is -0.491 e. The molecule has 0 aliphatic rings. The van der Waals surface area contributed by atoms with E-state index < -0.39 is 0 Å². The molecule has 1 atom stereocenters. The topological polar surface area (TPSA) is 41.5 Å². The smallest absolute Gasteiger partial charge is 0.124 e. The highest BCUT2D eigenvalue weighted by molar-refractivity contribution is 5.33. The van der Waals surface area contributed by atoms with E-state index in [1.54, 1.807) is 6.92 Å². The van der Waals surface area contributed by atoms with Crippen LogP contribution in [0.25, 0.3) is 0 Å². The second-order valence-electron chi connectivity index (χ2n) is 4.59. The van der Waals surface area contributed by atoms with Crippen molar-refractivity contribution in [2.45, 2.75) is 45.9 Å². The lowest BCUT2D eigenvalue weighted by Crippen LogP contribution is -2.19. The molecule has 3 heteroatoms. The molecule has 1 aromatic rings. The van der Waals surface area contributed by atoms with Crippen LogP contribution in [0.5, 0.6) is 5.75 Å². The Morgan fingerprint density at radius 2 is 1.94 bits per heavy atom. The zero-order chi connectivity index (χ0) is 12.7. The highest BCUT2D eigenvalue weighted by Crippen LogP contribution is 2.18. The second-order valence-corrected chi connectivity index (χ2v) is 4.59. The van der Waals surface area contributed by atoms with Gasteiger partial charge in [0.05, 0.1) is 12.2 Å². The normalized spacial score (nSPS) is 12.8. The third-order valence-electron chi connectivity index (χ3n) is 2.39. The van der Waals surface area contributed by atoms with Crippen LogP contribution in [0.4, 0.5) is 0 Å². The van der Waals surface area contributed by atoms with Crippen LogP contribution in [0, 0.1) is 0 Å². The summed E-state index contributed by atoms with van der Waals surface area (Å²) in [5, 5.41) is 12.5. The van der Waals surface area contributed by atoms with Crippen molar-refractivity contribution in [3.05, 3.63) is 29.8 Å². The monoisotopic (exact) mass is 237 g/mol. The first-order chi connectivity index (χ1) is 8.09. The van der Waals surface area contributed by atoms with Crippen molar-refractivity contribution >= 4 is 0 Å². The van der Waals surface area contributed by atoms with Gasteiger partial charge in [-0.05, 0) is 39.8 Å². The molecule has 0 saturated carbocycles. The van der Waals surface area contributed by atoms with Crippen LogP contribution in [-0.4, -0.2) is 23.9 Å². The van der Waals surface area contributed by atoms with Crippen LogP contribution in [-0.2, 0) is 6.54 Å². The average Bonchev–Trinajstić information content (AvgIpc) is 2.25. The molecule has 0 fully saturated rings. The van der Waals surface area contributed by atoms with Gasteiger partial charge >= 0.3 is 0 Å². The van der Waals surface area contributed by atoms with E-state index in [1.807, 2.05) is 32.0 Å². The molecule has 17 heavy (non-hydrogen) atoms. The van der Waals surface area contributed by atoms with E-state index in [0.29, 0.717) is 0 Å². The van der Waals surface area contributed by atoms with Crippen molar-refractivity contribution in [3.8, 4) is 5.75 Å². The SMILES string of the molecule is CC(O)CCNCc1ccccc1OC(C)C. The van der Waals surface area contributed by atoms with Gasteiger partial charge in [-0.2, -0.15) is 0 Å². The van der Waals surface area contributed by atoms with Crippen molar-refractivity contribution < 1.29 is 9.84 Å². The fraction of sp³-hybridized carbons (Fsp3) is 0.571. The van der Waals surface area contributed by atoms with Crippen LogP contribution in [0.2, 0.25) is 0 Å². The number of aliphatic hydroxyl groups excluding tert-OH is 1. The van der Waals surface area contributed by atoms with E-state index in [4.69, 9.17) is 9.84 Å². The molecule has 0 aliphatic heterocycles. The first-order valence-electron chi connectivity index (χ1n) is 6.23. The summed E-state index contributed by atoms with van der Waals surface area (Å²) in [5.41, 5.74) is 1.16. The lowest BCUT2D eigenvalue weighted by Gasteiger charge is -2.14. The number of hydrogen-bond donors (Lipinski definition) is 2. The van der Waals surface area contributed by atoms with Crippen LogP contribution in [0.3, 0.4) is 0 Å². The predicted molar refractivity (Wildman–Crippen MR) is 70.2 cm³/mol. The third kappa shape index (κ3) is 5.71. The number of aliphatic hydroxyl groups is 1. The van der Waals surface area contributed by atoms with Gasteiger partial charge in [0.1, 0.15) is 5.75 Å². The van der Waals surface area contributed by atoms with Gasteiger partial charge in [0, 0.05) is 12.1 Å². The second kappa shape index (κ2) is 7.30. The van der Waals surface area contributed by atoms with Crippen molar-refractivity contribution in [2.75, 3.05) is 6.54 Å². The van der Waals surface area contributed by atoms with Crippen molar-refractivity contribution in [3.63, 3.8) is 0 Å². The maximum atomic E-state index is 9.16. The highest BCUT2D eigenvalue weighted by atomic mass is 16.5. The third-order valence-corrected chi connectivity index (χ3v) is 2.39. The average molecular weight is 237 g/mol. The number of ether oxygens (including phenoxy) is 1. The van der Waals surface area contributed by atoms with Crippen LogP contribution >= 0.6 is 0 Å². The largest absolute Gasteiger partial charge is 0.491 e. The Balaban J connectivity index is 2.46. The van der Waals surface area contributed by atoms with Gasteiger partial charge in [0.25, 0.3) is 0 Å². The van der Waals surface area contributed by atoms with E-state index >= 15 is 0 Å². The lowest BCUT2D eigenvalue weighted by molar-refractivity contribution is 0.183. The Hall–Kier alpha value is -1.06. The maximum absolute atomic E-state index is 9.16. The molecule has 1 rings (SSSR count). The first kappa shape index (κ1) is 14.0. The van der Waals surface area contributed by atoms with E-state index in [1.165, 1.54) is 0 Å². The van der Waals surface area contributed by atoms with Crippen LogP contribution in [0.1, 0.15) is 32.8 Å². The molecule has 3 nitrogen and oxygen atoms in total. The van der Waals surface area contributed by atoms with Crippen molar-refractivity contribution in [1.29, 1.82) is 0 Å². The van der Waals surface area contributed by atoms with E-state index in [-0.39, 0.29) is 12.2 Å². The number of nitrogens with one attached hydrogen (secondary N) is 1. The Bertz CT molecular complexity index is 324. The molecule has 0 amide bonds. The minimum absolute atomic E-state index is 0.189.